The van der Waals surface area contributed by atoms with E-state index in [0.717, 1.165) is 29.4 Å². The van der Waals surface area contributed by atoms with Crippen molar-refractivity contribution in [2.75, 3.05) is 5.32 Å². The van der Waals surface area contributed by atoms with Crippen molar-refractivity contribution >= 4 is 5.82 Å². The Morgan fingerprint density at radius 3 is 2.48 bits per heavy atom. The van der Waals surface area contributed by atoms with Crippen LogP contribution in [0.5, 0.6) is 0 Å². The Kier molecular flexibility index (Phi) is 4.45. The van der Waals surface area contributed by atoms with Crippen LogP contribution in [0.4, 0.5) is 10.2 Å². The van der Waals surface area contributed by atoms with Gasteiger partial charge in [-0.25, -0.2) is 9.18 Å². The standard InChI is InChI=1S/C18H19FN4O2/c1-22-16(14(10-20)17(24)23(2)18(22)25)21-15-5-3-4-13(15)11-6-8-12(19)9-7-11/h6-9,13,15,21H,3-5H2,1-2H3. The lowest BCUT2D eigenvalue weighted by molar-refractivity contribution is 0.613. The molecule has 1 aliphatic rings. The van der Waals surface area contributed by atoms with Gasteiger partial charge in [0.05, 0.1) is 0 Å². The zero-order valence-corrected chi connectivity index (χ0v) is 14.1. The number of nitrogens with one attached hydrogen (secondary N) is 1. The van der Waals surface area contributed by atoms with Gasteiger partial charge in [0.25, 0.3) is 5.56 Å². The topological polar surface area (TPSA) is 79.8 Å². The van der Waals surface area contributed by atoms with Crippen LogP contribution < -0.4 is 16.6 Å². The molecule has 3 rings (SSSR count). The molecule has 0 radical (unpaired) electrons. The molecule has 1 aliphatic carbocycles. The average Bonchev–Trinajstić information content (AvgIpc) is 3.07. The number of halogens is 1. The minimum atomic E-state index is -0.607. The second-order valence-electron chi connectivity index (χ2n) is 6.38. The normalized spacial score (nSPS) is 19.6. The Labute approximate surface area is 144 Å². The Morgan fingerprint density at radius 2 is 1.84 bits per heavy atom. The van der Waals surface area contributed by atoms with Gasteiger partial charge in [-0.3, -0.25) is 13.9 Å². The van der Waals surface area contributed by atoms with Crippen LogP contribution in [0.25, 0.3) is 0 Å². The highest BCUT2D eigenvalue weighted by atomic mass is 19.1. The van der Waals surface area contributed by atoms with Gasteiger partial charge in [-0.15, -0.1) is 0 Å². The minimum absolute atomic E-state index is 0.0322. The van der Waals surface area contributed by atoms with Crippen molar-refractivity contribution in [2.45, 2.75) is 31.2 Å². The predicted molar refractivity (Wildman–Crippen MR) is 92.0 cm³/mol. The molecule has 2 unspecified atom stereocenters. The molecule has 1 saturated carbocycles. The van der Waals surface area contributed by atoms with Crippen molar-refractivity contribution in [3.63, 3.8) is 0 Å². The van der Waals surface area contributed by atoms with Crippen LogP contribution in [-0.2, 0) is 14.1 Å². The van der Waals surface area contributed by atoms with Crippen molar-refractivity contribution in [3.8, 4) is 6.07 Å². The summed E-state index contributed by atoms with van der Waals surface area (Å²) in [7, 11) is 2.89. The summed E-state index contributed by atoms with van der Waals surface area (Å²) in [5, 5.41) is 12.6. The first kappa shape index (κ1) is 17.0. The molecule has 130 valence electrons. The largest absolute Gasteiger partial charge is 0.367 e. The number of nitrogens with zero attached hydrogens (tertiary/aromatic N) is 3. The summed E-state index contributed by atoms with van der Waals surface area (Å²) in [6.07, 6.45) is 2.74. The number of aromatic nitrogens is 2. The third-order valence-electron chi connectivity index (χ3n) is 4.91. The quantitative estimate of drug-likeness (QED) is 0.923. The van der Waals surface area contributed by atoms with E-state index in [9.17, 15) is 19.2 Å². The first-order chi connectivity index (χ1) is 11.9. The van der Waals surface area contributed by atoms with Crippen LogP contribution in [0, 0.1) is 17.1 Å². The third kappa shape index (κ3) is 2.95. The molecule has 0 aliphatic heterocycles. The smallest absolute Gasteiger partial charge is 0.332 e. The number of hydrogen-bond acceptors (Lipinski definition) is 4. The Hall–Kier alpha value is -2.88. The molecule has 2 aromatic rings. The molecule has 0 bridgehead atoms. The molecule has 25 heavy (non-hydrogen) atoms. The Morgan fingerprint density at radius 1 is 1.16 bits per heavy atom. The lowest BCUT2D eigenvalue weighted by Crippen LogP contribution is -2.41. The number of rotatable bonds is 3. The van der Waals surface area contributed by atoms with Crippen LogP contribution in [0.3, 0.4) is 0 Å². The van der Waals surface area contributed by atoms with Crippen molar-refractivity contribution < 1.29 is 4.39 Å². The fourth-order valence-corrected chi connectivity index (χ4v) is 3.53. The molecule has 1 heterocycles. The van der Waals surface area contributed by atoms with Crippen LogP contribution in [0.1, 0.15) is 36.3 Å². The zero-order valence-electron chi connectivity index (χ0n) is 14.1. The summed E-state index contributed by atoms with van der Waals surface area (Å²) < 4.78 is 15.4. The monoisotopic (exact) mass is 342 g/mol. The van der Waals surface area contributed by atoms with Crippen LogP contribution in [-0.4, -0.2) is 15.2 Å². The van der Waals surface area contributed by atoms with E-state index in [-0.39, 0.29) is 29.2 Å². The van der Waals surface area contributed by atoms with Crippen molar-refractivity contribution in [3.05, 3.63) is 62.0 Å². The minimum Gasteiger partial charge on any atom is -0.367 e. The number of anilines is 1. The molecule has 0 saturated heterocycles. The van der Waals surface area contributed by atoms with Crippen LogP contribution >= 0.6 is 0 Å². The third-order valence-corrected chi connectivity index (χ3v) is 4.91. The SMILES string of the molecule is Cn1c(NC2CCCC2c2ccc(F)cc2)c(C#N)c(=O)n(C)c1=O. The Bertz CT molecular complexity index is 953. The maximum atomic E-state index is 13.2. The molecule has 1 N–H and O–H groups in total. The molecule has 1 aromatic carbocycles. The average molecular weight is 342 g/mol. The Balaban J connectivity index is 2.00. The molecule has 7 heteroatoms. The molecule has 2 atom stereocenters. The van der Waals surface area contributed by atoms with E-state index in [1.54, 1.807) is 12.1 Å². The van der Waals surface area contributed by atoms with E-state index in [0.29, 0.717) is 0 Å². The molecular weight excluding hydrogens is 323 g/mol. The maximum Gasteiger partial charge on any atom is 0.332 e. The molecule has 1 aromatic heterocycles. The van der Waals surface area contributed by atoms with Crippen LogP contribution in [0.15, 0.2) is 33.9 Å². The first-order valence-electron chi connectivity index (χ1n) is 8.16. The van der Waals surface area contributed by atoms with E-state index in [1.165, 1.54) is 30.8 Å². The van der Waals surface area contributed by atoms with Crippen molar-refractivity contribution in [1.82, 2.24) is 9.13 Å². The van der Waals surface area contributed by atoms with Gasteiger partial charge >= 0.3 is 5.69 Å². The maximum absolute atomic E-state index is 13.2. The molecule has 0 spiro atoms. The second-order valence-corrected chi connectivity index (χ2v) is 6.38. The van der Waals surface area contributed by atoms with Gasteiger partial charge in [-0.05, 0) is 30.5 Å². The zero-order chi connectivity index (χ0) is 18.1. The fourth-order valence-electron chi connectivity index (χ4n) is 3.53. The summed E-state index contributed by atoms with van der Waals surface area (Å²) in [5.41, 5.74) is -0.162. The molecule has 0 amide bonds. The number of benzene rings is 1. The highest BCUT2D eigenvalue weighted by molar-refractivity contribution is 5.52. The van der Waals surface area contributed by atoms with E-state index >= 15 is 0 Å². The van der Waals surface area contributed by atoms with Crippen molar-refractivity contribution in [2.24, 2.45) is 14.1 Å². The summed E-state index contributed by atoms with van der Waals surface area (Å²) in [6.45, 7) is 0. The molecule has 6 nitrogen and oxygen atoms in total. The molecule has 1 fully saturated rings. The van der Waals surface area contributed by atoms with Gasteiger partial charge in [0.2, 0.25) is 0 Å². The highest BCUT2D eigenvalue weighted by Gasteiger charge is 2.30. The van der Waals surface area contributed by atoms with Gasteiger partial charge in [0, 0.05) is 26.1 Å². The van der Waals surface area contributed by atoms with E-state index < -0.39 is 11.2 Å². The van der Waals surface area contributed by atoms with Crippen LogP contribution in [0.2, 0.25) is 0 Å². The van der Waals surface area contributed by atoms with E-state index in [2.05, 4.69) is 5.32 Å². The lowest BCUT2D eigenvalue weighted by Gasteiger charge is -2.24. The summed E-state index contributed by atoms with van der Waals surface area (Å²) in [5.74, 6) is 0.0906. The highest BCUT2D eigenvalue weighted by Crippen LogP contribution is 2.36. The summed E-state index contributed by atoms with van der Waals surface area (Å²) >= 11 is 0. The van der Waals surface area contributed by atoms with Gasteiger partial charge in [-0.1, -0.05) is 18.6 Å². The second kappa shape index (κ2) is 6.55. The predicted octanol–water partition coefficient (Wildman–Crippen LogP) is 1.84. The van der Waals surface area contributed by atoms with E-state index in [4.69, 9.17) is 0 Å². The fraction of sp³-hybridized carbons (Fsp3) is 0.389. The first-order valence-corrected chi connectivity index (χ1v) is 8.16. The summed E-state index contributed by atoms with van der Waals surface area (Å²) in [4.78, 5) is 24.4. The van der Waals surface area contributed by atoms with Gasteiger partial charge < -0.3 is 5.32 Å². The van der Waals surface area contributed by atoms with E-state index in [1.807, 2.05) is 6.07 Å². The molecular formula is C18H19FN4O2. The van der Waals surface area contributed by atoms with Gasteiger partial charge in [-0.2, -0.15) is 5.26 Å². The van der Waals surface area contributed by atoms with Gasteiger partial charge in [0.1, 0.15) is 17.7 Å². The summed E-state index contributed by atoms with van der Waals surface area (Å²) in [6, 6.07) is 8.25. The number of nitriles is 1. The lowest BCUT2D eigenvalue weighted by atomic mass is 9.94. The van der Waals surface area contributed by atoms with Gasteiger partial charge in [0.15, 0.2) is 5.56 Å². The van der Waals surface area contributed by atoms with Crippen molar-refractivity contribution in [1.29, 1.82) is 5.26 Å². The number of hydrogen-bond donors (Lipinski definition) is 1.